The van der Waals surface area contributed by atoms with Crippen molar-refractivity contribution in [3.05, 3.63) is 56.0 Å². The maximum Gasteiger partial charge on any atom is 0.0800 e. The van der Waals surface area contributed by atoms with Crippen LogP contribution in [0.2, 0.25) is 20.1 Å². The van der Waals surface area contributed by atoms with E-state index in [0.29, 0.717) is 20.1 Å². The van der Waals surface area contributed by atoms with Crippen LogP contribution in [-0.2, 0) is 6.42 Å². The highest BCUT2D eigenvalue weighted by atomic mass is 35.5. The van der Waals surface area contributed by atoms with Crippen LogP contribution in [0.15, 0.2) is 30.3 Å². The molecule has 0 saturated carbocycles. The molecular weight excluding hydrogens is 334 g/mol. The molecule has 0 fully saturated rings. The summed E-state index contributed by atoms with van der Waals surface area (Å²) >= 11 is 24.4. The molecule has 4 heteroatoms. The molecule has 0 nitrogen and oxygen atoms in total. The van der Waals surface area contributed by atoms with Crippen LogP contribution in [0, 0.1) is 0 Å². The standard InChI is InChI=1S/C16H14Cl4/c1-2-3-4-10-5-7-11(8-6-10)12-9-13(17)15(19)16(20)14(12)18/h5-9H,2-4H2,1H3. The number of halogens is 4. The Morgan fingerprint density at radius 2 is 1.50 bits per heavy atom. The molecule has 0 heterocycles. The van der Waals surface area contributed by atoms with Crippen molar-refractivity contribution in [1.29, 1.82) is 0 Å². The van der Waals surface area contributed by atoms with Crippen LogP contribution in [0.25, 0.3) is 11.1 Å². The summed E-state index contributed by atoms with van der Waals surface area (Å²) in [5.74, 6) is 0. The molecule has 0 atom stereocenters. The fourth-order valence-corrected chi connectivity index (χ4v) is 2.93. The van der Waals surface area contributed by atoms with Crippen LogP contribution in [0.1, 0.15) is 25.3 Å². The zero-order valence-corrected chi connectivity index (χ0v) is 14.0. The fourth-order valence-electron chi connectivity index (χ4n) is 2.01. The molecule has 0 aliphatic rings. The second-order valence-electron chi connectivity index (χ2n) is 4.65. The van der Waals surface area contributed by atoms with Crippen molar-refractivity contribution in [2.24, 2.45) is 0 Å². The average Bonchev–Trinajstić information content (AvgIpc) is 2.47. The Morgan fingerprint density at radius 1 is 0.850 bits per heavy atom. The highest BCUT2D eigenvalue weighted by Gasteiger charge is 2.14. The SMILES string of the molecule is CCCCc1ccc(-c2cc(Cl)c(Cl)c(Cl)c2Cl)cc1. The van der Waals surface area contributed by atoms with Crippen molar-refractivity contribution in [3.8, 4) is 11.1 Å². The van der Waals surface area contributed by atoms with Crippen LogP contribution < -0.4 is 0 Å². The third kappa shape index (κ3) is 3.43. The van der Waals surface area contributed by atoms with Crippen LogP contribution in [0.5, 0.6) is 0 Å². The molecule has 0 spiro atoms. The van der Waals surface area contributed by atoms with E-state index in [1.165, 1.54) is 18.4 Å². The van der Waals surface area contributed by atoms with Gasteiger partial charge in [-0.25, -0.2) is 0 Å². The van der Waals surface area contributed by atoms with Crippen LogP contribution in [0.4, 0.5) is 0 Å². The molecule has 0 aromatic heterocycles. The van der Waals surface area contributed by atoms with Gasteiger partial charge in [-0.3, -0.25) is 0 Å². The van der Waals surface area contributed by atoms with Gasteiger partial charge in [-0.15, -0.1) is 0 Å². The Morgan fingerprint density at radius 3 is 2.10 bits per heavy atom. The van der Waals surface area contributed by atoms with Crippen molar-refractivity contribution >= 4 is 46.4 Å². The van der Waals surface area contributed by atoms with Gasteiger partial charge in [0.2, 0.25) is 0 Å². The summed E-state index contributed by atoms with van der Waals surface area (Å²) in [6.45, 7) is 2.19. The monoisotopic (exact) mass is 346 g/mol. The number of hydrogen-bond donors (Lipinski definition) is 0. The summed E-state index contributed by atoms with van der Waals surface area (Å²) in [5.41, 5.74) is 3.10. The number of hydrogen-bond acceptors (Lipinski definition) is 0. The van der Waals surface area contributed by atoms with E-state index in [1.807, 2.05) is 12.1 Å². The predicted octanol–water partition coefficient (Wildman–Crippen LogP) is 7.31. The first-order valence-electron chi connectivity index (χ1n) is 6.47. The van der Waals surface area contributed by atoms with Gasteiger partial charge < -0.3 is 0 Å². The first-order valence-corrected chi connectivity index (χ1v) is 7.98. The number of aryl methyl sites for hydroxylation is 1. The van der Waals surface area contributed by atoms with E-state index < -0.39 is 0 Å². The number of rotatable bonds is 4. The Balaban J connectivity index is 2.37. The average molecular weight is 348 g/mol. The molecular formula is C16H14Cl4. The summed E-state index contributed by atoms with van der Waals surface area (Å²) in [4.78, 5) is 0. The second-order valence-corrected chi connectivity index (χ2v) is 6.19. The van der Waals surface area contributed by atoms with E-state index in [-0.39, 0.29) is 0 Å². The molecule has 0 amide bonds. The van der Waals surface area contributed by atoms with Gasteiger partial charge in [0, 0.05) is 5.56 Å². The van der Waals surface area contributed by atoms with Gasteiger partial charge in [-0.1, -0.05) is 84.0 Å². The lowest BCUT2D eigenvalue weighted by Gasteiger charge is -2.10. The molecule has 0 N–H and O–H groups in total. The Labute approximate surface area is 139 Å². The largest absolute Gasteiger partial charge is 0.0826 e. The summed E-state index contributed by atoms with van der Waals surface area (Å²) in [7, 11) is 0. The van der Waals surface area contributed by atoms with Crippen molar-refractivity contribution in [3.63, 3.8) is 0 Å². The quantitative estimate of drug-likeness (QED) is 0.401. The van der Waals surface area contributed by atoms with Gasteiger partial charge in [-0.05, 0) is 30.0 Å². The molecule has 0 radical (unpaired) electrons. The normalized spacial score (nSPS) is 10.8. The molecule has 0 aliphatic carbocycles. The lowest BCUT2D eigenvalue weighted by molar-refractivity contribution is 0.795. The van der Waals surface area contributed by atoms with Gasteiger partial charge in [0.25, 0.3) is 0 Å². The lowest BCUT2D eigenvalue weighted by Crippen LogP contribution is -1.87. The highest BCUT2D eigenvalue weighted by molar-refractivity contribution is 6.52. The summed E-state index contributed by atoms with van der Waals surface area (Å²) in [6, 6.07) is 10.0. The minimum absolute atomic E-state index is 0.293. The maximum atomic E-state index is 6.25. The van der Waals surface area contributed by atoms with E-state index in [1.54, 1.807) is 6.07 Å². The Kier molecular flexibility index (Phi) is 5.63. The van der Waals surface area contributed by atoms with Crippen molar-refractivity contribution in [2.45, 2.75) is 26.2 Å². The molecule has 0 saturated heterocycles. The van der Waals surface area contributed by atoms with E-state index >= 15 is 0 Å². The first-order chi connectivity index (χ1) is 9.54. The van der Waals surface area contributed by atoms with Crippen molar-refractivity contribution < 1.29 is 0 Å². The van der Waals surface area contributed by atoms with E-state index in [2.05, 4.69) is 19.1 Å². The Bertz CT molecular complexity index is 603. The van der Waals surface area contributed by atoms with Gasteiger partial charge in [0.05, 0.1) is 20.1 Å². The molecule has 106 valence electrons. The van der Waals surface area contributed by atoms with E-state index in [9.17, 15) is 0 Å². The second kappa shape index (κ2) is 7.04. The van der Waals surface area contributed by atoms with Gasteiger partial charge in [0.1, 0.15) is 0 Å². The van der Waals surface area contributed by atoms with E-state index in [4.69, 9.17) is 46.4 Å². The zero-order valence-electron chi connectivity index (χ0n) is 11.0. The topological polar surface area (TPSA) is 0 Å². The van der Waals surface area contributed by atoms with Crippen molar-refractivity contribution in [1.82, 2.24) is 0 Å². The molecule has 2 rings (SSSR count). The highest BCUT2D eigenvalue weighted by Crippen LogP contribution is 2.42. The van der Waals surface area contributed by atoms with Gasteiger partial charge in [-0.2, -0.15) is 0 Å². The van der Waals surface area contributed by atoms with E-state index in [0.717, 1.165) is 17.5 Å². The number of benzene rings is 2. The molecule has 0 aliphatic heterocycles. The molecule has 0 unspecified atom stereocenters. The third-order valence-corrected chi connectivity index (χ3v) is 4.94. The fraction of sp³-hybridized carbons (Fsp3) is 0.250. The predicted molar refractivity (Wildman–Crippen MR) is 90.5 cm³/mol. The summed E-state index contributed by atoms with van der Waals surface area (Å²) < 4.78 is 0. The molecule has 2 aromatic carbocycles. The molecule has 0 bridgehead atoms. The molecule has 2 aromatic rings. The summed E-state index contributed by atoms with van der Waals surface area (Å²) in [5, 5.41) is 1.43. The lowest BCUT2D eigenvalue weighted by atomic mass is 10.0. The first kappa shape index (κ1) is 16.0. The molecule has 20 heavy (non-hydrogen) atoms. The minimum Gasteiger partial charge on any atom is -0.0826 e. The smallest absolute Gasteiger partial charge is 0.0800 e. The van der Waals surface area contributed by atoms with Gasteiger partial charge >= 0.3 is 0 Å². The maximum absolute atomic E-state index is 6.25. The van der Waals surface area contributed by atoms with Crippen molar-refractivity contribution in [2.75, 3.05) is 0 Å². The third-order valence-electron chi connectivity index (χ3n) is 3.19. The number of unbranched alkanes of at least 4 members (excludes halogenated alkanes) is 1. The zero-order chi connectivity index (χ0) is 14.7. The van der Waals surface area contributed by atoms with Gasteiger partial charge in [0.15, 0.2) is 0 Å². The van der Waals surface area contributed by atoms with Crippen LogP contribution >= 0.6 is 46.4 Å². The van der Waals surface area contributed by atoms with Crippen LogP contribution in [0.3, 0.4) is 0 Å². The Hall–Kier alpha value is -0.400. The minimum atomic E-state index is 0.293. The van der Waals surface area contributed by atoms with Crippen LogP contribution in [-0.4, -0.2) is 0 Å². The summed E-state index contributed by atoms with van der Waals surface area (Å²) in [6.07, 6.45) is 3.47.